The van der Waals surface area contributed by atoms with Crippen LogP contribution in [0.1, 0.15) is 46.3 Å². The van der Waals surface area contributed by atoms with Gasteiger partial charge in [0.25, 0.3) is 0 Å². The molecule has 0 saturated carbocycles. The van der Waals surface area contributed by atoms with Crippen molar-refractivity contribution in [3.05, 3.63) is 82.9 Å². The summed E-state index contributed by atoms with van der Waals surface area (Å²) in [7, 11) is 0. The number of carboxylic acids is 1. The van der Waals surface area contributed by atoms with Crippen LogP contribution in [-0.4, -0.2) is 34.5 Å². The molecule has 2 aliphatic heterocycles. The molecule has 2 N–H and O–H groups in total. The maximum absolute atomic E-state index is 11.0. The Balaban J connectivity index is 1.36. The zero-order chi connectivity index (χ0) is 21.1. The standard InChI is InChI=1S/C26H30O4/c1-17-2-4-19(5-3-17)16-21(27)11-13-23-22(24-14-15-25(23)30-24)12-8-18-6-9-20(10-7-18)26(28)29/h2-7,9-11,13,21-25,27H,8,12,14-16H2,1H3,(H,28,29)/t21?,22-,23+,24-,25+/m1/s1. The minimum atomic E-state index is -0.891. The number of fused-ring (bicyclic) bond motifs is 2. The maximum atomic E-state index is 11.0. The summed E-state index contributed by atoms with van der Waals surface area (Å²) >= 11 is 0. The number of carboxylic acid groups (broad SMARTS) is 1. The molecule has 30 heavy (non-hydrogen) atoms. The Hall–Kier alpha value is -2.43. The highest BCUT2D eigenvalue weighted by Gasteiger charge is 2.47. The lowest BCUT2D eigenvalue weighted by molar-refractivity contribution is 0.0697. The van der Waals surface area contributed by atoms with Crippen molar-refractivity contribution in [2.75, 3.05) is 0 Å². The molecule has 0 aromatic heterocycles. The first kappa shape index (κ1) is 20.8. The summed E-state index contributed by atoms with van der Waals surface area (Å²) in [6.07, 6.45) is 8.96. The second kappa shape index (κ2) is 9.15. The second-order valence-corrected chi connectivity index (χ2v) is 8.71. The number of ether oxygens (including phenoxy) is 1. The Morgan fingerprint density at radius 2 is 1.73 bits per heavy atom. The number of rotatable bonds is 8. The molecule has 0 aliphatic carbocycles. The van der Waals surface area contributed by atoms with Crippen LogP contribution in [0.2, 0.25) is 0 Å². The molecule has 4 nitrogen and oxygen atoms in total. The Labute approximate surface area is 178 Å². The molecular weight excluding hydrogens is 376 g/mol. The largest absolute Gasteiger partial charge is 0.478 e. The molecule has 0 spiro atoms. The lowest BCUT2D eigenvalue weighted by atomic mass is 9.76. The van der Waals surface area contributed by atoms with Crippen molar-refractivity contribution in [3.63, 3.8) is 0 Å². The lowest BCUT2D eigenvalue weighted by Gasteiger charge is -2.26. The average Bonchev–Trinajstić information content (AvgIpc) is 3.34. The normalized spacial score (nSPS) is 26.3. The van der Waals surface area contributed by atoms with E-state index < -0.39 is 12.1 Å². The molecule has 2 bridgehead atoms. The summed E-state index contributed by atoms with van der Waals surface area (Å²) in [5, 5.41) is 19.5. The highest BCUT2D eigenvalue weighted by Crippen LogP contribution is 2.46. The van der Waals surface area contributed by atoms with Gasteiger partial charge in [0.05, 0.1) is 23.9 Å². The summed E-state index contributed by atoms with van der Waals surface area (Å²) in [6.45, 7) is 2.07. The van der Waals surface area contributed by atoms with Crippen molar-refractivity contribution < 1.29 is 19.7 Å². The van der Waals surface area contributed by atoms with E-state index in [1.54, 1.807) is 12.1 Å². The van der Waals surface area contributed by atoms with Crippen molar-refractivity contribution in [3.8, 4) is 0 Å². The summed E-state index contributed by atoms with van der Waals surface area (Å²) in [5.74, 6) is -0.0992. The molecule has 2 saturated heterocycles. The van der Waals surface area contributed by atoms with E-state index >= 15 is 0 Å². The maximum Gasteiger partial charge on any atom is 0.335 e. The third-order valence-corrected chi connectivity index (χ3v) is 6.57. The molecule has 2 aromatic rings. The van der Waals surface area contributed by atoms with Crippen molar-refractivity contribution in [1.29, 1.82) is 0 Å². The highest BCUT2D eigenvalue weighted by atomic mass is 16.5. The molecule has 2 fully saturated rings. The predicted molar refractivity (Wildman–Crippen MR) is 117 cm³/mol. The Morgan fingerprint density at radius 3 is 2.43 bits per heavy atom. The third kappa shape index (κ3) is 4.82. The molecular formula is C26H30O4. The van der Waals surface area contributed by atoms with Gasteiger partial charge in [-0.05, 0) is 61.8 Å². The molecule has 0 radical (unpaired) electrons. The topological polar surface area (TPSA) is 66.8 Å². The Kier molecular flexibility index (Phi) is 6.35. The number of aromatic carboxylic acids is 1. The quantitative estimate of drug-likeness (QED) is 0.630. The molecule has 5 atom stereocenters. The fourth-order valence-corrected chi connectivity index (χ4v) is 4.89. The summed E-state index contributed by atoms with van der Waals surface area (Å²) < 4.78 is 6.19. The molecule has 0 amide bonds. The number of aliphatic hydroxyl groups is 1. The fraction of sp³-hybridized carbons (Fsp3) is 0.423. The molecule has 1 unspecified atom stereocenters. The Morgan fingerprint density at radius 1 is 1.07 bits per heavy atom. The molecule has 4 rings (SSSR count). The molecule has 2 aromatic carbocycles. The lowest BCUT2D eigenvalue weighted by Crippen LogP contribution is -2.26. The van der Waals surface area contributed by atoms with Gasteiger partial charge in [-0.1, -0.05) is 54.1 Å². The van der Waals surface area contributed by atoms with Crippen LogP contribution in [-0.2, 0) is 17.6 Å². The SMILES string of the molecule is Cc1ccc(CC(O)C=C[C@H]2[C@@H](CCc3ccc(C(=O)O)cc3)[C@H]3CC[C@@H]2O3)cc1. The molecule has 2 heterocycles. The van der Waals surface area contributed by atoms with Crippen LogP contribution in [0.15, 0.2) is 60.7 Å². The number of aryl methyl sites for hydroxylation is 2. The van der Waals surface area contributed by atoms with E-state index in [9.17, 15) is 9.90 Å². The van der Waals surface area contributed by atoms with E-state index in [0.717, 1.165) is 36.8 Å². The monoisotopic (exact) mass is 406 g/mol. The van der Waals surface area contributed by atoms with Gasteiger partial charge in [-0.15, -0.1) is 0 Å². The van der Waals surface area contributed by atoms with Crippen LogP contribution in [0, 0.1) is 18.8 Å². The van der Waals surface area contributed by atoms with Crippen LogP contribution in [0.25, 0.3) is 0 Å². The van der Waals surface area contributed by atoms with Gasteiger partial charge in [-0.2, -0.15) is 0 Å². The molecule has 4 heteroatoms. The minimum Gasteiger partial charge on any atom is -0.478 e. The van der Waals surface area contributed by atoms with Crippen LogP contribution in [0.5, 0.6) is 0 Å². The van der Waals surface area contributed by atoms with Crippen molar-refractivity contribution in [2.24, 2.45) is 11.8 Å². The van der Waals surface area contributed by atoms with E-state index in [0.29, 0.717) is 29.9 Å². The van der Waals surface area contributed by atoms with E-state index in [4.69, 9.17) is 9.84 Å². The smallest absolute Gasteiger partial charge is 0.335 e. The minimum absolute atomic E-state index is 0.261. The number of hydrogen-bond donors (Lipinski definition) is 2. The van der Waals surface area contributed by atoms with Crippen molar-refractivity contribution in [1.82, 2.24) is 0 Å². The first-order valence-corrected chi connectivity index (χ1v) is 10.9. The summed E-state index contributed by atoms with van der Waals surface area (Å²) in [5.41, 5.74) is 3.85. The van der Waals surface area contributed by atoms with E-state index in [-0.39, 0.29) is 6.10 Å². The van der Waals surface area contributed by atoms with Gasteiger partial charge < -0.3 is 14.9 Å². The van der Waals surface area contributed by atoms with Crippen LogP contribution in [0.3, 0.4) is 0 Å². The van der Waals surface area contributed by atoms with Crippen LogP contribution >= 0.6 is 0 Å². The Bertz CT molecular complexity index is 884. The van der Waals surface area contributed by atoms with Crippen molar-refractivity contribution >= 4 is 5.97 Å². The number of aliphatic hydroxyl groups excluding tert-OH is 1. The van der Waals surface area contributed by atoms with E-state index in [2.05, 4.69) is 37.3 Å². The molecule has 158 valence electrons. The fourth-order valence-electron chi connectivity index (χ4n) is 4.89. The van der Waals surface area contributed by atoms with Gasteiger partial charge in [0, 0.05) is 12.3 Å². The number of benzene rings is 2. The van der Waals surface area contributed by atoms with Gasteiger partial charge in [0.15, 0.2) is 0 Å². The van der Waals surface area contributed by atoms with Crippen molar-refractivity contribution in [2.45, 2.75) is 57.3 Å². The van der Waals surface area contributed by atoms with Gasteiger partial charge >= 0.3 is 5.97 Å². The number of carbonyl (C=O) groups is 1. The average molecular weight is 407 g/mol. The van der Waals surface area contributed by atoms with E-state index in [1.165, 1.54) is 5.56 Å². The van der Waals surface area contributed by atoms with Gasteiger partial charge in [-0.25, -0.2) is 4.79 Å². The van der Waals surface area contributed by atoms with Gasteiger partial charge in [0.2, 0.25) is 0 Å². The zero-order valence-corrected chi connectivity index (χ0v) is 17.4. The van der Waals surface area contributed by atoms with Crippen LogP contribution in [0.4, 0.5) is 0 Å². The second-order valence-electron chi connectivity index (χ2n) is 8.71. The van der Waals surface area contributed by atoms with Gasteiger partial charge in [0.1, 0.15) is 0 Å². The first-order valence-electron chi connectivity index (χ1n) is 10.9. The zero-order valence-electron chi connectivity index (χ0n) is 17.4. The third-order valence-electron chi connectivity index (χ3n) is 6.57. The van der Waals surface area contributed by atoms with E-state index in [1.807, 2.05) is 18.2 Å². The molecule has 2 aliphatic rings. The predicted octanol–water partition coefficient (Wildman–Crippen LogP) is 4.58. The first-order chi connectivity index (χ1) is 14.5. The van der Waals surface area contributed by atoms with Gasteiger partial charge in [-0.3, -0.25) is 0 Å². The highest BCUT2D eigenvalue weighted by molar-refractivity contribution is 5.87. The van der Waals surface area contributed by atoms with Crippen LogP contribution < -0.4 is 0 Å². The summed E-state index contributed by atoms with van der Waals surface area (Å²) in [6, 6.07) is 15.5. The summed E-state index contributed by atoms with van der Waals surface area (Å²) in [4.78, 5) is 11.0. The number of hydrogen-bond acceptors (Lipinski definition) is 3.